The SMILES string of the molecule is CCC1CNC(C2CCCCC2)CN1CCc1ncno1. The molecule has 1 saturated carbocycles. The van der Waals surface area contributed by atoms with Crippen molar-refractivity contribution in [2.45, 2.75) is 64.0 Å². The monoisotopic (exact) mass is 292 g/mol. The molecule has 5 heteroatoms. The molecule has 0 amide bonds. The van der Waals surface area contributed by atoms with Gasteiger partial charge in [0.25, 0.3) is 0 Å². The number of piperazine rings is 1. The Morgan fingerprint density at radius 2 is 2.19 bits per heavy atom. The minimum atomic E-state index is 0.646. The second-order valence-corrected chi connectivity index (χ2v) is 6.55. The lowest BCUT2D eigenvalue weighted by molar-refractivity contribution is 0.0926. The van der Waals surface area contributed by atoms with Crippen molar-refractivity contribution in [3.8, 4) is 0 Å². The van der Waals surface area contributed by atoms with Crippen LogP contribution in [-0.4, -0.2) is 46.8 Å². The zero-order valence-corrected chi connectivity index (χ0v) is 13.1. The van der Waals surface area contributed by atoms with E-state index in [0.29, 0.717) is 12.1 Å². The summed E-state index contributed by atoms with van der Waals surface area (Å²) in [4.78, 5) is 6.78. The summed E-state index contributed by atoms with van der Waals surface area (Å²) in [5, 5.41) is 7.52. The van der Waals surface area contributed by atoms with Crippen LogP contribution in [0.25, 0.3) is 0 Å². The molecule has 1 N–H and O–H groups in total. The fourth-order valence-corrected chi connectivity index (χ4v) is 3.96. The van der Waals surface area contributed by atoms with Crippen molar-refractivity contribution in [2.75, 3.05) is 19.6 Å². The van der Waals surface area contributed by atoms with Crippen molar-refractivity contribution in [1.82, 2.24) is 20.4 Å². The van der Waals surface area contributed by atoms with E-state index in [0.717, 1.165) is 31.3 Å². The van der Waals surface area contributed by atoms with Crippen LogP contribution in [0.4, 0.5) is 0 Å². The van der Waals surface area contributed by atoms with E-state index < -0.39 is 0 Å². The van der Waals surface area contributed by atoms with Crippen molar-refractivity contribution in [1.29, 1.82) is 0 Å². The Labute approximate surface area is 127 Å². The van der Waals surface area contributed by atoms with Crippen molar-refractivity contribution in [3.05, 3.63) is 12.2 Å². The highest BCUT2D eigenvalue weighted by atomic mass is 16.5. The van der Waals surface area contributed by atoms with Gasteiger partial charge in [-0.15, -0.1) is 0 Å². The molecule has 2 aliphatic rings. The Bertz CT molecular complexity index is 402. The van der Waals surface area contributed by atoms with Gasteiger partial charge in [0.05, 0.1) is 0 Å². The van der Waals surface area contributed by atoms with E-state index in [4.69, 9.17) is 4.52 Å². The van der Waals surface area contributed by atoms with Gasteiger partial charge in [-0.25, -0.2) is 0 Å². The third-order valence-corrected chi connectivity index (χ3v) is 5.27. The van der Waals surface area contributed by atoms with Gasteiger partial charge < -0.3 is 9.84 Å². The number of rotatable bonds is 5. The Morgan fingerprint density at radius 3 is 2.90 bits per heavy atom. The number of nitrogens with zero attached hydrogens (tertiary/aromatic N) is 3. The molecule has 3 rings (SSSR count). The van der Waals surface area contributed by atoms with Crippen LogP contribution in [0.2, 0.25) is 0 Å². The van der Waals surface area contributed by atoms with Crippen LogP contribution in [0.15, 0.2) is 10.9 Å². The summed E-state index contributed by atoms with van der Waals surface area (Å²) < 4.78 is 5.13. The molecule has 1 aliphatic heterocycles. The lowest BCUT2D eigenvalue weighted by Gasteiger charge is -2.43. The maximum Gasteiger partial charge on any atom is 0.227 e. The second-order valence-electron chi connectivity index (χ2n) is 6.55. The van der Waals surface area contributed by atoms with Crippen LogP contribution in [0.3, 0.4) is 0 Å². The van der Waals surface area contributed by atoms with Gasteiger partial charge in [0.2, 0.25) is 5.89 Å². The van der Waals surface area contributed by atoms with E-state index in [2.05, 4.69) is 27.3 Å². The third kappa shape index (κ3) is 3.83. The first-order valence-electron chi connectivity index (χ1n) is 8.59. The predicted molar refractivity (Wildman–Crippen MR) is 82.0 cm³/mol. The Hall–Kier alpha value is -0.940. The molecule has 0 bridgehead atoms. The zero-order valence-electron chi connectivity index (χ0n) is 13.1. The highest BCUT2D eigenvalue weighted by Crippen LogP contribution is 2.28. The fraction of sp³-hybridized carbons (Fsp3) is 0.875. The summed E-state index contributed by atoms with van der Waals surface area (Å²) in [5.41, 5.74) is 0. The fourth-order valence-electron chi connectivity index (χ4n) is 3.96. The summed E-state index contributed by atoms with van der Waals surface area (Å²) in [6, 6.07) is 1.32. The highest BCUT2D eigenvalue weighted by molar-refractivity contribution is 4.91. The smallest absolute Gasteiger partial charge is 0.227 e. The summed E-state index contributed by atoms with van der Waals surface area (Å²) >= 11 is 0. The van der Waals surface area contributed by atoms with Crippen LogP contribution in [0.5, 0.6) is 0 Å². The minimum Gasteiger partial charge on any atom is -0.340 e. The predicted octanol–water partition coefficient (Wildman–Crippen LogP) is 2.24. The molecular weight excluding hydrogens is 264 g/mol. The van der Waals surface area contributed by atoms with E-state index in [1.807, 2.05) is 0 Å². The van der Waals surface area contributed by atoms with Crippen LogP contribution in [0, 0.1) is 5.92 Å². The zero-order chi connectivity index (χ0) is 14.5. The number of hydrogen-bond donors (Lipinski definition) is 1. The van der Waals surface area contributed by atoms with Crippen molar-refractivity contribution in [3.63, 3.8) is 0 Å². The van der Waals surface area contributed by atoms with Gasteiger partial charge in [-0.3, -0.25) is 4.90 Å². The second kappa shape index (κ2) is 7.36. The van der Waals surface area contributed by atoms with Gasteiger partial charge >= 0.3 is 0 Å². The van der Waals surface area contributed by atoms with Crippen molar-refractivity contribution in [2.24, 2.45) is 5.92 Å². The summed E-state index contributed by atoms with van der Waals surface area (Å²) in [6.45, 7) is 5.62. The Morgan fingerprint density at radius 1 is 1.33 bits per heavy atom. The highest BCUT2D eigenvalue weighted by Gasteiger charge is 2.31. The van der Waals surface area contributed by atoms with Crippen LogP contribution < -0.4 is 5.32 Å². The largest absolute Gasteiger partial charge is 0.340 e. The summed E-state index contributed by atoms with van der Waals surface area (Å²) in [7, 11) is 0. The van der Waals surface area contributed by atoms with Crippen LogP contribution in [0.1, 0.15) is 51.3 Å². The normalized spacial score (nSPS) is 28.8. The molecule has 2 atom stereocenters. The molecule has 118 valence electrons. The first-order chi connectivity index (χ1) is 10.4. The number of nitrogens with one attached hydrogen (secondary N) is 1. The molecule has 0 radical (unpaired) electrons. The molecule has 2 fully saturated rings. The molecular formula is C16H28N4O. The first kappa shape index (κ1) is 15.0. The molecule has 1 aliphatic carbocycles. The molecule has 1 aromatic heterocycles. The van der Waals surface area contributed by atoms with Gasteiger partial charge in [0, 0.05) is 38.1 Å². The molecule has 2 unspecified atom stereocenters. The van der Waals surface area contributed by atoms with Crippen LogP contribution >= 0.6 is 0 Å². The standard InChI is InChI=1S/C16H28N4O/c1-2-14-10-17-15(13-6-4-3-5-7-13)11-20(14)9-8-16-18-12-19-21-16/h12-15,17H,2-11H2,1H3. The van der Waals surface area contributed by atoms with Gasteiger partial charge in [-0.2, -0.15) is 4.98 Å². The van der Waals surface area contributed by atoms with E-state index in [1.165, 1.54) is 51.4 Å². The maximum atomic E-state index is 5.13. The lowest BCUT2D eigenvalue weighted by Crippen LogP contribution is -2.59. The quantitative estimate of drug-likeness (QED) is 0.902. The molecule has 0 spiro atoms. The van der Waals surface area contributed by atoms with E-state index in [-0.39, 0.29) is 0 Å². The number of aromatic nitrogens is 2. The molecule has 1 aromatic rings. The van der Waals surface area contributed by atoms with Crippen molar-refractivity contribution < 1.29 is 4.52 Å². The van der Waals surface area contributed by atoms with E-state index in [1.54, 1.807) is 0 Å². The van der Waals surface area contributed by atoms with Gasteiger partial charge in [-0.1, -0.05) is 31.3 Å². The van der Waals surface area contributed by atoms with E-state index in [9.17, 15) is 0 Å². The molecule has 0 aromatic carbocycles. The summed E-state index contributed by atoms with van der Waals surface area (Å²) in [5.74, 6) is 1.64. The minimum absolute atomic E-state index is 0.646. The molecule has 5 nitrogen and oxygen atoms in total. The average molecular weight is 292 g/mol. The number of hydrogen-bond acceptors (Lipinski definition) is 5. The molecule has 21 heavy (non-hydrogen) atoms. The summed E-state index contributed by atoms with van der Waals surface area (Å²) in [6.07, 6.45) is 10.7. The van der Waals surface area contributed by atoms with Gasteiger partial charge in [0.15, 0.2) is 6.33 Å². The van der Waals surface area contributed by atoms with Gasteiger partial charge in [-0.05, 0) is 25.2 Å². The Balaban J connectivity index is 1.55. The van der Waals surface area contributed by atoms with Crippen LogP contribution in [-0.2, 0) is 6.42 Å². The maximum absolute atomic E-state index is 5.13. The van der Waals surface area contributed by atoms with Crippen molar-refractivity contribution >= 4 is 0 Å². The lowest BCUT2D eigenvalue weighted by atomic mass is 9.82. The molecule has 2 heterocycles. The average Bonchev–Trinajstić information content (AvgIpc) is 3.07. The Kier molecular flexibility index (Phi) is 5.25. The third-order valence-electron chi connectivity index (χ3n) is 5.27. The molecule has 1 saturated heterocycles. The first-order valence-corrected chi connectivity index (χ1v) is 8.59. The van der Waals surface area contributed by atoms with E-state index >= 15 is 0 Å². The van der Waals surface area contributed by atoms with Gasteiger partial charge in [0.1, 0.15) is 0 Å². The topological polar surface area (TPSA) is 54.2 Å².